The van der Waals surface area contributed by atoms with Crippen molar-refractivity contribution in [2.24, 2.45) is 0 Å². The Morgan fingerprint density at radius 3 is 2.67 bits per heavy atom. The molecule has 6 nitrogen and oxygen atoms in total. The summed E-state index contributed by atoms with van der Waals surface area (Å²) in [7, 11) is 0. The number of hydrogen-bond acceptors (Lipinski definition) is 3. The van der Waals surface area contributed by atoms with E-state index in [1.807, 2.05) is 13.8 Å². The number of aromatic nitrogens is 2. The van der Waals surface area contributed by atoms with Crippen LogP contribution in [0.25, 0.3) is 10.9 Å². The molecule has 1 aromatic heterocycles. The number of aromatic amines is 1. The number of rotatable bonds is 5. The van der Waals surface area contributed by atoms with Crippen LogP contribution in [0.2, 0.25) is 0 Å². The highest BCUT2D eigenvalue weighted by Crippen LogP contribution is 2.26. The van der Waals surface area contributed by atoms with Crippen molar-refractivity contribution in [2.45, 2.75) is 26.5 Å². The van der Waals surface area contributed by atoms with Gasteiger partial charge in [0.2, 0.25) is 0 Å². The lowest BCUT2D eigenvalue weighted by Gasteiger charge is -2.10. The zero-order valence-corrected chi connectivity index (χ0v) is 14.6. The predicted molar refractivity (Wildman–Crippen MR) is 94.0 cm³/mol. The third-order valence-electron chi connectivity index (χ3n) is 3.71. The first-order chi connectivity index (χ1) is 12.8. The fourth-order valence-corrected chi connectivity index (χ4v) is 2.44. The molecule has 0 aliphatic heterocycles. The van der Waals surface area contributed by atoms with Crippen LogP contribution in [0.4, 0.5) is 23.8 Å². The number of hydrogen-bond donors (Lipinski definition) is 3. The smallest absolute Gasteiger partial charge is 0.320 e. The topological polar surface area (TPSA) is 79.0 Å². The second-order valence-electron chi connectivity index (χ2n) is 6.14. The molecule has 0 bridgehead atoms. The van der Waals surface area contributed by atoms with Gasteiger partial charge in [0.1, 0.15) is 18.2 Å². The number of anilines is 1. The van der Waals surface area contributed by atoms with Crippen LogP contribution in [0.1, 0.15) is 19.4 Å². The molecule has 2 amide bonds. The molecular weight excluding hydrogens is 361 g/mol. The molecule has 9 heteroatoms. The fraction of sp³-hybridized carbons (Fsp3) is 0.222. The summed E-state index contributed by atoms with van der Waals surface area (Å²) in [5.74, 6) is -2.78. The Labute approximate surface area is 152 Å². The van der Waals surface area contributed by atoms with Crippen molar-refractivity contribution < 1.29 is 22.7 Å². The maximum absolute atomic E-state index is 13.7. The molecule has 27 heavy (non-hydrogen) atoms. The summed E-state index contributed by atoms with van der Waals surface area (Å²) in [6, 6.07) is 5.84. The molecular formula is C18H17F3N4O2. The van der Waals surface area contributed by atoms with Gasteiger partial charge in [-0.3, -0.25) is 10.4 Å². The van der Waals surface area contributed by atoms with Crippen LogP contribution in [-0.2, 0) is 6.61 Å². The van der Waals surface area contributed by atoms with Gasteiger partial charge in [0.05, 0.1) is 11.1 Å². The second kappa shape index (κ2) is 7.56. The maximum atomic E-state index is 13.7. The van der Waals surface area contributed by atoms with E-state index in [0.717, 1.165) is 6.07 Å². The lowest BCUT2D eigenvalue weighted by molar-refractivity contribution is 0.250. The number of urea groups is 1. The summed E-state index contributed by atoms with van der Waals surface area (Å²) in [5.41, 5.74) is 0.127. The molecule has 1 heterocycles. The predicted octanol–water partition coefficient (Wildman–Crippen LogP) is 4.09. The van der Waals surface area contributed by atoms with Crippen LogP contribution >= 0.6 is 0 Å². The summed E-state index contributed by atoms with van der Waals surface area (Å²) in [4.78, 5) is 11.8. The molecule has 0 saturated heterocycles. The molecule has 0 radical (unpaired) electrons. The van der Waals surface area contributed by atoms with E-state index in [-0.39, 0.29) is 17.6 Å². The number of H-pyrrole nitrogens is 1. The van der Waals surface area contributed by atoms with Crippen molar-refractivity contribution in [1.82, 2.24) is 15.5 Å². The van der Waals surface area contributed by atoms with Gasteiger partial charge in [-0.15, -0.1) is 0 Å². The Kier molecular flexibility index (Phi) is 5.20. The highest BCUT2D eigenvalue weighted by atomic mass is 19.2. The minimum atomic E-state index is -1.29. The quantitative estimate of drug-likeness (QED) is 0.585. The van der Waals surface area contributed by atoms with Gasteiger partial charge in [0, 0.05) is 11.4 Å². The van der Waals surface area contributed by atoms with Crippen LogP contribution < -0.4 is 15.4 Å². The van der Waals surface area contributed by atoms with Gasteiger partial charge in [-0.05, 0) is 44.2 Å². The number of halogens is 3. The van der Waals surface area contributed by atoms with Crippen molar-refractivity contribution in [1.29, 1.82) is 0 Å². The number of ether oxygens (including phenoxy) is 1. The summed E-state index contributed by atoms with van der Waals surface area (Å²) >= 11 is 0. The summed E-state index contributed by atoms with van der Waals surface area (Å²) < 4.78 is 46.1. The third-order valence-corrected chi connectivity index (χ3v) is 3.71. The maximum Gasteiger partial charge on any atom is 0.320 e. The highest BCUT2D eigenvalue weighted by molar-refractivity contribution is 5.99. The van der Waals surface area contributed by atoms with Gasteiger partial charge in [-0.25, -0.2) is 18.0 Å². The van der Waals surface area contributed by atoms with E-state index < -0.39 is 35.7 Å². The first-order valence-corrected chi connectivity index (χ1v) is 8.16. The van der Waals surface area contributed by atoms with Gasteiger partial charge in [0.15, 0.2) is 17.5 Å². The van der Waals surface area contributed by atoms with Crippen molar-refractivity contribution in [3.8, 4) is 5.75 Å². The van der Waals surface area contributed by atoms with Crippen molar-refractivity contribution in [2.75, 3.05) is 5.32 Å². The number of carbonyl (C=O) groups is 1. The molecule has 0 unspecified atom stereocenters. The average Bonchev–Trinajstić information content (AvgIpc) is 3.00. The largest absolute Gasteiger partial charge is 0.489 e. The van der Waals surface area contributed by atoms with E-state index in [0.29, 0.717) is 17.0 Å². The second-order valence-corrected chi connectivity index (χ2v) is 6.14. The van der Waals surface area contributed by atoms with E-state index >= 15 is 0 Å². The van der Waals surface area contributed by atoms with Crippen molar-refractivity contribution in [3.63, 3.8) is 0 Å². The Bertz CT molecular complexity index is 988. The van der Waals surface area contributed by atoms with Crippen LogP contribution in [0.15, 0.2) is 30.3 Å². The SMILES string of the molecule is CC(C)NC(=O)Nc1n[nH]c2ccc(OCc3c(F)ccc(F)c3F)cc12. The molecule has 0 fully saturated rings. The molecule has 3 N–H and O–H groups in total. The zero-order chi connectivity index (χ0) is 19.6. The number of fused-ring (bicyclic) bond motifs is 1. The summed E-state index contributed by atoms with van der Waals surface area (Å²) in [6.45, 7) is 3.15. The molecule has 0 spiro atoms. The van der Waals surface area contributed by atoms with Gasteiger partial charge >= 0.3 is 6.03 Å². The average molecular weight is 378 g/mol. The fourth-order valence-electron chi connectivity index (χ4n) is 2.44. The molecule has 3 aromatic rings. The minimum absolute atomic E-state index is 0.0508. The van der Waals surface area contributed by atoms with E-state index in [4.69, 9.17) is 4.74 Å². The van der Waals surface area contributed by atoms with Crippen LogP contribution in [0, 0.1) is 17.5 Å². The molecule has 0 aliphatic carbocycles. The number of benzene rings is 2. The van der Waals surface area contributed by atoms with Crippen molar-refractivity contribution >= 4 is 22.8 Å². The standard InChI is InChI=1S/C18H17F3N4O2/c1-9(2)22-18(26)23-17-11-7-10(3-6-15(11)24-25-17)27-8-12-13(19)4-5-14(20)16(12)21/h3-7,9H,8H2,1-2H3,(H3,22,23,24,25,26). The Morgan fingerprint density at radius 1 is 1.19 bits per heavy atom. The normalized spacial score (nSPS) is 11.0. The molecule has 3 rings (SSSR count). The molecule has 0 saturated carbocycles. The summed E-state index contributed by atoms with van der Waals surface area (Å²) in [5, 5.41) is 12.6. The first kappa shape index (κ1) is 18.6. The Morgan fingerprint density at radius 2 is 1.93 bits per heavy atom. The summed E-state index contributed by atoms with van der Waals surface area (Å²) in [6.07, 6.45) is 0. The third kappa shape index (κ3) is 4.13. The van der Waals surface area contributed by atoms with Crippen LogP contribution in [0.5, 0.6) is 5.75 Å². The molecule has 142 valence electrons. The highest BCUT2D eigenvalue weighted by Gasteiger charge is 2.15. The molecule has 0 atom stereocenters. The minimum Gasteiger partial charge on any atom is -0.489 e. The van der Waals surface area contributed by atoms with E-state index in [1.165, 1.54) is 0 Å². The van der Waals surface area contributed by atoms with E-state index in [2.05, 4.69) is 20.8 Å². The zero-order valence-electron chi connectivity index (χ0n) is 14.6. The van der Waals surface area contributed by atoms with Gasteiger partial charge in [-0.1, -0.05) is 0 Å². The van der Waals surface area contributed by atoms with Crippen molar-refractivity contribution in [3.05, 3.63) is 53.3 Å². The van der Waals surface area contributed by atoms with Crippen LogP contribution in [-0.4, -0.2) is 22.3 Å². The number of nitrogens with one attached hydrogen (secondary N) is 3. The number of amides is 2. The van der Waals surface area contributed by atoms with Gasteiger partial charge in [0.25, 0.3) is 0 Å². The number of carbonyl (C=O) groups excluding carboxylic acids is 1. The Balaban J connectivity index is 1.79. The molecule has 2 aromatic carbocycles. The Hall–Kier alpha value is -3.23. The lowest BCUT2D eigenvalue weighted by Crippen LogP contribution is -2.34. The molecule has 0 aliphatic rings. The van der Waals surface area contributed by atoms with Gasteiger partial charge in [-0.2, -0.15) is 5.10 Å². The number of nitrogens with zero attached hydrogens (tertiary/aromatic N) is 1. The lowest BCUT2D eigenvalue weighted by atomic mass is 10.2. The monoisotopic (exact) mass is 378 g/mol. The first-order valence-electron chi connectivity index (χ1n) is 8.16. The van der Waals surface area contributed by atoms with Crippen LogP contribution in [0.3, 0.4) is 0 Å². The van der Waals surface area contributed by atoms with Gasteiger partial charge < -0.3 is 10.1 Å². The van der Waals surface area contributed by atoms with E-state index in [1.54, 1.807) is 18.2 Å². The van der Waals surface area contributed by atoms with E-state index in [9.17, 15) is 18.0 Å².